The Morgan fingerprint density at radius 1 is 1.28 bits per heavy atom. The Labute approximate surface area is 112 Å². The van der Waals surface area contributed by atoms with Gasteiger partial charge in [0, 0.05) is 19.6 Å². The van der Waals surface area contributed by atoms with Gasteiger partial charge in [0.05, 0.1) is 5.69 Å². The zero-order valence-electron chi connectivity index (χ0n) is 10.4. The minimum absolute atomic E-state index is 0.0453. The molecule has 0 saturated carbocycles. The summed E-state index contributed by atoms with van der Waals surface area (Å²) in [5.41, 5.74) is 2.10. The molecule has 1 aromatic carbocycles. The van der Waals surface area contributed by atoms with Gasteiger partial charge >= 0.3 is 0 Å². The van der Waals surface area contributed by atoms with E-state index >= 15 is 0 Å². The maximum atomic E-state index is 6.37. The summed E-state index contributed by atoms with van der Waals surface area (Å²) in [5.74, 6) is 1.70. The molecule has 0 aromatic heterocycles. The zero-order chi connectivity index (χ0) is 12.5. The van der Waals surface area contributed by atoms with Crippen LogP contribution in [0.4, 0.5) is 5.69 Å². The number of benzene rings is 1. The lowest BCUT2D eigenvalue weighted by Crippen LogP contribution is -2.48. The van der Waals surface area contributed by atoms with Crippen LogP contribution in [0.3, 0.4) is 0 Å². The topological polar surface area (TPSA) is 33.7 Å². The van der Waals surface area contributed by atoms with E-state index in [1.165, 1.54) is 0 Å². The van der Waals surface area contributed by atoms with E-state index in [0.29, 0.717) is 13.2 Å². The molecule has 1 atom stereocenters. The predicted molar refractivity (Wildman–Crippen MR) is 72.0 cm³/mol. The van der Waals surface area contributed by atoms with Crippen LogP contribution in [0.5, 0.6) is 11.5 Å². The molecule has 98 valence electrons. The average molecular weight is 269 g/mol. The van der Waals surface area contributed by atoms with Gasteiger partial charge in [0.2, 0.25) is 0 Å². The predicted octanol–water partition coefficient (Wildman–Crippen LogP) is 1.74. The summed E-state index contributed by atoms with van der Waals surface area (Å²) >= 11 is 6.37. The number of rotatable bonds is 1. The monoisotopic (exact) mass is 268 g/mol. The van der Waals surface area contributed by atoms with Crippen molar-refractivity contribution in [2.45, 2.75) is 12.4 Å². The normalized spacial score (nSPS) is 23.0. The average Bonchev–Trinajstić information content (AvgIpc) is 2.41. The molecule has 2 aliphatic rings. The van der Waals surface area contributed by atoms with E-state index in [0.717, 1.165) is 42.4 Å². The first-order valence-electron chi connectivity index (χ1n) is 6.28. The van der Waals surface area contributed by atoms with Crippen LogP contribution in [0.15, 0.2) is 12.1 Å². The van der Waals surface area contributed by atoms with Crippen molar-refractivity contribution >= 4 is 17.3 Å². The number of fused-ring (bicyclic) bond motifs is 1. The van der Waals surface area contributed by atoms with Crippen LogP contribution in [0.25, 0.3) is 0 Å². The number of alkyl halides is 1. The first-order chi connectivity index (χ1) is 8.77. The Balaban J connectivity index is 2.01. The van der Waals surface area contributed by atoms with Gasteiger partial charge in [-0.1, -0.05) is 17.7 Å². The first kappa shape index (κ1) is 11.9. The van der Waals surface area contributed by atoms with E-state index in [2.05, 4.69) is 22.3 Å². The molecule has 1 fully saturated rings. The van der Waals surface area contributed by atoms with Gasteiger partial charge in [-0.2, -0.15) is 0 Å². The van der Waals surface area contributed by atoms with E-state index in [-0.39, 0.29) is 5.50 Å². The summed E-state index contributed by atoms with van der Waals surface area (Å²) in [7, 11) is 0. The molecular weight excluding hydrogens is 252 g/mol. The maximum absolute atomic E-state index is 6.37. The summed E-state index contributed by atoms with van der Waals surface area (Å²) in [6, 6.07) is 4.14. The number of halogens is 1. The number of anilines is 1. The first-order valence-corrected chi connectivity index (χ1v) is 6.71. The van der Waals surface area contributed by atoms with Gasteiger partial charge in [-0.3, -0.25) is 0 Å². The molecule has 0 bridgehead atoms. The largest absolute Gasteiger partial charge is 0.486 e. The molecule has 0 amide bonds. The van der Waals surface area contributed by atoms with E-state index in [4.69, 9.17) is 21.1 Å². The quantitative estimate of drug-likeness (QED) is 0.621. The molecule has 2 aliphatic heterocycles. The highest BCUT2D eigenvalue weighted by Crippen LogP contribution is 2.43. The summed E-state index contributed by atoms with van der Waals surface area (Å²) in [6.45, 7) is 5.85. The Morgan fingerprint density at radius 2 is 2.06 bits per heavy atom. The molecule has 2 heterocycles. The Morgan fingerprint density at radius 3 is 2.83 bits per heavy atom. The summed E-state index contributed by atoms with van der Waals surface area (Å²) < 4.78 is 11.5. The third-order valence-corrected chi connectivity index (χ3v) is 3.74. The fraction of sp³-hybridized carbons (Fsp3) is 0.538. The van der Waals surface area contributed by atoms with Gasteiger partial charge in [0.25, 0.3) is 0 Å². The lowest BCUT2D eigenvalue weighted by molar-refractivity contribution is 0.171. The van der Waals surface area contributed by atoms with E-state index in [1.807, 2.05) is 6.92 Å². The second-order valence-electron chi connectivity index (χ2n) is 4.59. The zero-order valence-corrected chi connectivity index (χ0v) is 11.2. The number of aryl methyl sites for hydroxylation is 1. The van der Waals surface area contributed by atoms with Crippen LogP contribution in [-0.4, -0.2) is 38.3 Å². The minimum atomic E-state index is -0.0453. The minimum Gasteiger partial charge on any atom is -0.486 e. The summed E-state index contributed by atoms with van der Waals surface area (Å²) in [4.78, 5) is 2.17. The molecule has 0 radical (unpaired) electrons. The van der Waals surface area contributed by atoms with E-state index in [9.17, 15) is 0 Å². The van der Waals surface area contributed by atoms with Gasteiger partial charge < -0.3 is 19.7 Å². The van der Waals surface area contributed by atoms with Gasteiger partial charge in [-0.05, 0) is 18.6 Å². The standard InChI is InChI=1S/C13H17ClN2O2/c1-9-2-3-10(13-12(9)17-6-7-18-13)16-5-4-15-8-11(16)14/h2-3,11,15H,4-8H2,1H3. The van der Waals surface area contributed by atoms with Crippen LogP contribution < -0.4 is 19.7 Å². The third kappa shape index (κ3) is 1.99. The number of nitrogens with one attached hydrogen (secondary N) is 1. The lowest BCUT2D eigenvalue weighted by Gasteiger charge is -2.36. The second-order valence-corrected chi connectivity index (χ2v) is 5.09. The number of piperazine rings is 1. The van der Waals surface area contributed by atoms with Crippen molar-refractivity contribution in [3.05, 3.63) is 17.7 Å². The summed E-state index contributed by atoms with van der Waals surface area (Å²) in [6.07, 6.45) is 0. The maximum Gasteiger partial charge on any atom is 0.184 e. The Hall–Kier alpha value is -1.13. The molecule has 1 N–H and O–H groups in total. The second kappa shape index (κ2) is 4.86. The Bertz CT molecular complexity index is 453. The highest BCUT2D eigenvalue weighted by atomic mass is 35.5. The van der Waals surface area contributed by atoms with Crippen molar-refractivity contribution in [3.8, 4) is 11.5 Å². The molecule has 4 nitrogen and oxygen atoms in total. The fourth-order valence-electron chi connectivity index (χ4n) is 2.43. The van der Waals surface area contributed by atoms with Crippen molar-refractivity contribution in [2.24, 2.45) is 0 Å². The number of hydrogen-bond acceptors (Lipinski definition) is 4. The highest BCUT2D eigenvalue weighted by Gasteiger charge is 2.27. The van der Waals surface area contributed by atoms with Crippen LogP contribution in [-0.2, 0) is 0 Å². The van der Waals surface area contributed by atoms with Crippen LogP contribution in [0, 0.1) is 6.92 Å². The molecule has 0 spiro atoms. The van der Waals surface area contributed by atoms with Crippen LogP contribution in [0.1, 0.15) is 5.56 Å². The summed E-state index contributed by atoms with van der Waals surface area (Å²) in [5, 5.41) is 3.28. The molecule has 5 heteroatoms. The number of ether oxygens (including phenoxy) is 2. The molecule has 1 aromatic rings. The molecular formula is C13H17ClN2O2. The fourth-order valence-corrected chi connectivity index (χ4v) is 2.74. The lowest BCUT2D eigenvalue weighted by atomic mass is 10.1. The SMILES string of the molecule is Cc1ccc(N2CCNCC2Cl)c2c1OCCO2. The smallest absolute Gasteiger partial charge is 0.184 e. The number of nitrogens with zero attached hydrogens (tertiary/aromatic N) is 1. The molecule has 1 unspecified atom stereocenters. The van der Waals surface area contributed by atoms with E-state index < -0.39 is 0 Å². The van der Waals surface area contributed by atoms with Crippen molar-refractivity contribution < 1.29 is 9.47 Å². The van der Waals surface area contributed by atoms with Crippen molar-refractivity contribution in [2.75, 3.05) is 37.7 Å². The van der Waals surface area contributed by atoms with Gasteiger partial charge in [0.15, 0.2) is 11.5 Å². The van der Waals surface area contributed by atoms with Crippen LogP contribution >= 0.6 is 11.6 Å². The molecule has 18 heavy (non-hydrogen) atoms. The van der Waals surface area contributed by atoms with Crippen molar-refractivity contribution in [1.82, 2.24) is 5.32 Å². The van der Waals surface area contributed by atoms with Crippen molar-refractivity contribution in [3.63, 3.8) is 0 Å². The van der Waals surface area contributed by atoms with Gasteiger partial charge in [0.1, 0.15) is 18.7 Å². The molecule has 1 saturated heterocycles. The molecule has 3 rings (SSSR count). The van der Waals surface area contributed by atoms with Gasteiger partial charge in [-0.25, -0.2) is 0 Å². The highest BCUT2D eigenvalue weighted by molar-refractivity contribution is 6.22. The molecule has 0 aliphatic carbocycles. The number of hydrogen-bond donors (Lipinski definition) is 1. The van der Waals surface area contributed by atoms with Crippen LogP contribution in [0.2, 0.25) is 0 Å². The third-order valence-electron chi connectivity index (χ3n) is 3.35. The Kier molecular flexibility index (Phi) is 3.22. The van der Waals surface area contributed by atoms with Crippen molar-refractivity contribution in [1.29, 1.82) is 0 Å². The van der Waals surface area contributed by atoms with E-state index in [1.54, 1.807) is 0 Å². The van der Waals surface area contributed by atoms with Gasteiger partial charge in [-0.15, -0.1) is 0 Å².